The Balaban J connectivity index is 2.17. The summed E-state index contributed by atoms with van der Waals surface area (Å²) in [6, 6.07) is 1.83. The number of ether oxygens (including phenoxy) is 1. The fourth-order valence-electron chi connectivity index (χ4n) is 1.98. The molecule has 0 aromatic carbocycles. The summed E-state index contributed by atoms with van der Waals surface area (Å²) >= 11 is 0. The average Bonchev–Trinajstić information content (AvgIpc) is 2.76. The number of aryl methyl sites for hydroxylation is 1. The fraction of sp³-hybridized carbons (Fsp3) is 0.636. The molecular formula is C11H18N4O. The van der Waals surface area contributed by atoms with E-state index in [1.165, 1.54) is 0 Å². The Hall–Kier alpha value is -1.36. The minimum absolute atomic E-state index is 0.565. The van der Waals surface area contributed by atoms with Gasteiger partial charge < -0.3 is 15.4 Å². The maximum Gasteiger partial charge on any atom is 0.228 e. The van der Waals surface area contributed by atoms with E-state index in [-0.39, 0.29) is 0 Å². The number of hydrogen-bond donors (Lipinski definition) is 1. The Morgan fingerprint density at radius 2 is 2.38 bits per heavy atom. The van der Waals surface area contributed by atoms with Crippen LogP contribution in [0.2, 0.25) is 0 Å². The third-order valence-corrected chi connectivity index (χ3v) is 2.93. The van der Waals surface area contributed by atoms with Gasteiger partial charge in [0, 0.05) is 24.8 Å². The SMILES string of the molecule is COc1cc(C)nc(N2CCC(CN)C2)n1. The summed E-state index contributed by atoms with van der Waals surface area (Å²) in [7, 11) is 1.62. The lowest BCUT2D eigenvalue weighted by Gasteiger charge is -2.16. The highest BCUT2D eigenvalue weighted by atomic mass is 16.5. The molecule has 0 spiro atoms. The van der Waals surface area contributed by atoms with Crippen LogP contribution in [-0.4, -0.2) is 36.7 Å². The van der Waals surface area contributed by atoms with E-state index in [2.05, 4.69) is 14.9 Å². The molecule has 88 valence electrons. The van der Waals surface area contributed by atoms with Crippen LogP contribution in [0.25, 0.3) is 0 Å². The van der Waals surface area contributed by atoms with Crippen LogP contribution < -0.4 is 15.4 Å². The maximum absolute atomic E-state index is 5.67. The van der Waals surface area contributed by atoms with Gasteiger partial charge in [-0.05, 0) is 25.8 Å². The van der Waals surface area contributed by atoms with Gasteiger partial charge >= 0.3 is 0 Å². The monoisotopic (exact) mass is 222 g/mol. The first-order valence-electron chi connectivity index (χ1n) is 5.57. The molecule has 5 nitrogen and oxygen atoms in total. The molecule has 16 heavy (non-hydrogen) atoms. The van der Waals surface area contributed by atoms with Crippen molar-refractivity contribution >= 4 is 5.95 Å². The van der Waals surface area contributed by atoms with Crippen molar-refractivity contribution in [2.24, 2.45) is 11.7 Å². The summed E-state index contributed by atoms with van der Waals surface area (Å²) < 4.78 is 5.15. The molecule has 2 N–H and O–H groups in total. The molecule has 1 aromatic rings. The molecule has 0 amide bonds. The van der Waals surface area contributed by atoms with Crippen LogP contribution in [0.15, 0.2) is 6.07 Å². The van der Waals surface area contributed by atoms with E-state index >= 15 is 0 Å². The third-order valence-electron chi connectivity index (χ3n) is 2.93. The van der Waals surface area contributed by atoms with Crippen molar-refractivity contribution in [1.29, 1.82) is 0 Å². The van der Waals surface area contributed by atoms with Gasteiger partial charge in [0.1, 0.15) is 0 Å². The summed E-state index contributed by atoms with van der Waals surface area (Å²) in [4.78, 5) is 11.0. The minimum atomic E-state index is 0.565. The van der Waals surface area contributed by atoms with E-state index in [0.29, 0.717) is 11.8 Å². The van der Waals surface area contributed by atoms with Gasteiger partial charge in [-0.3, -0.25) is 0 Å². The molecule has 2 rings (SSSR count). The van der Waals surface area contributed by atoms with E-state index in [1.807, 2.05) is 13.0 Å². The largest absolute Gasteiger partial charge is 0.481 e. The van der Waals surface area contributed by atoms with Gasteiger partial charge in [-0.25, -0.2) is 4.98 Å². The second kappa shape index (κ2) is 4.65. The number of nitrogens with zero attached hydrogens (tertiary/aromatic N) is 3. The van der Waals surface area contributed by atoms with Crippen molar-refractivity contribution in [2.45, 2.75) is 13.3 Å². The van der Waals surface area contributed by atoms with Crippen LogP contribution in [0.1, 0.15) is 12.1 Å². The first-order valence-corrected chi connectivity index (χ1v) is 5.57. The van der Waals surface area contributed by atoms with Crippen LogP contribution in [0.5, 0.6) is 5.88 Å². The van der Waals surface area contributed by atoms with Gasteiger partial charge in [0.05, 0.1) is 7.11 Å². The number of hydrogen-bond acceptors (Lipinski definition) is 5. The zero-order valence-corrected chi connectivity index (χ0v) is 9.81. The highest BCUT2D eigenvalue weighted by Crippen LogP contribution is 2.22. The van der Waals surface area contributed by atoms with E-state index in [1.54, 1.807) is 7.11 Å². The zero-order valence-electron chi connectivity index (χ0n) is 9.81. The van der Waals surface area contributed by atoms with Crippen LogP contribution in [0.4, 0.5) is 5.95 Å². The molecule has 1 fully saturated rings. The number of anilines is 1. The molecule has 1 unspecified atom stereocenters. The Morgan fingerprint density at radius 1 is 1.56 bits per heavy atom. The molecule has 0 saturated carbocycles. The van der Waals surface area contributed by atoms with E-state index in [4.69, 9.17) is 10.5 Å². The molecular weight excluding hydrogens is 204 g/mol. The summed E-state index contributed by atoms with van der Waals surface area (Å²) in [5.41, 5.74) is 6.60. The molecule has 0 aliphatic carbocycles. The summed E-state index contributed by atoms with van der Waals surface area (Å²) in [5.74, 6) is 1.95. The number of methoxy groups -OCH3 is 1. The quantitative estimate of drug-likeness (QED) is 0.810. The van der Waals surface area contributed by atoms with Gasteiger partial charge in [-0.15, -0.1) is 0 Å². The average molecular weight is 222 g/mol. The van der Waals surface area contributed by atoms with E-state index in [9.17, 15) is 0 Å². The van der Waals surface area contributed by atoms with Crippen molar-refractivity contribution in [1.82, 2.24) is 9.97 Å². The third kappa shape index (κ3) is 2.24. The smallest absolute Gasteiger partial charge is 0.228 e. The Bertz CT molecular complexity index is 369. The molecule has 0 radical (unpaired) electrons. The zero-order chi connectivity index (χ0) is 11.5. The van der Waals surface area contributed by atoms with Crippen LogP contribution >= 0.6 is 0 Å². The lowest BCUT2D eigenvalue weighted by molar-refractivity contribution is 0.396. The second-order valence-corrected chi connectivity index (χ2v) is 4.19. The highest BCUT2D eigenvalue weighted by molar-refractivity contribution is 5.35. The van der Waals surface area contributed by atoms with Gasteiger partial charge in [-0.2, -0.15) is 4.98 Å². The number of aromatic nitrogens is 2. The minimum Gasteiger partial charge on any atom is -0.481 e. The van der Waals surface area contributed by atoms with Crippen molar-refractivity contribution in [2.75, 3.05) is 31.6 Å². The predicted molar refractivity (Wildman–Crippen MR) is 62.7 cm³/mol. The van der Waals surface area contributed by atoms with E-state index < -0.39 is 0 Å². The Labute approximate surface area is 95.6 Å². The molecule has 1 aliphatic heterocycles. The highest BCUT2D eigenvalue weighted by Gasteiger charge is 2.23. The second-order valence-electron chi connectivity index (χ2n) is 4.19. The Kier molecular flexibility index (Phi) is 3.24. The fourth-order valence-corrected chi connectivity index (χ4v) is 1.98. The Morgan fingerprint density at radius 3 is 3.00 bits per heavy atom. The van der Waals surface area contributed by atoms with Crippen molar-refractivity contribution in [3.05, 3.63) is 11.8 Å². The summed E-state index contributed by atoms with van der Waals surface area (Å²) in [6.45, 7) is 4.61. The van der Waals surface area contributed by atoms with Crippen molar-refractivity contribution in [3.8, 4) is 5.88 Å². The van der Waals surface area contributed by atoms with Gasteiger partial charge in [0.2, 0.25) is 11.8 Å². The number of nitrogens with two attached hydrogens (primary N) is 1. The first-order chi connectivity index (χ1) is 7.72. The molecule has 1 aliphatic rings. The van der Waals surface area contributed by atoms with Crippen LogP contribution in [0, 0.1) is 12.8 Å². The molecule has 1 aromatic heterocycles. The van der Waals surface area contributed by atoms with Crippen LogP contribution in [0.3, 0.4) is 0 Å². The first kappa shape index (κ1) is 11.1. The topological polar surface area (TPSA) is 64.3 Å². The molecule has 2 heterocycles. The molecule has 1 atom stereocenters. The lowest BCUT2D eigenvalue weighted by Crippen LogP contribution is -2.24. The lowest BCUT2D eigenvalue weighted by atomic mass is 10.1. The summed E-state index contributed by atoms with van der Waals surface area (Å²) in [6.07, 6.45) is 1.12. The summed E-state index contributed by atoms with van der Waals surface area (Å²) in [5, 5.41) is 0. The van der Waals surface area contributed by atoms with Crippen molar-refractivity contribution < 1.29 is 4.74 Å². The normalized spacial score (nSPS) is 20.2. The van der Waals surface area contributed by atoms with Gasteiger partial charge in [-0.1, -0.05) is 0 Å². The predicted octanol–water partition coefficient (Wildman–Crippen LogP) is 0.579. The van der Waals surface area contributed by atoms with Crippen molar-refractivity contribution in [3.63, 3.8) is 0 Å². The molecule has 5 heteroatoms. The van der Waals surface area contributed by atoms with Gasteiger partial charge in [0.25, 0.3) is 0 Å². The molecule has 0 bridgehead atoms. The van der Waals surface area contributed by atoms with Gasteiger partial charge in [0.15, 0.2) is 0 Å². The van der Waals surface area contributed by atoms with E-state index in [0.717, 1.165) is 37.7 Å². The maximum atomic E-state index is 5.67. The molecule has 1 saturated heterocycles. The standard InChI is InChI=1S/C11H18N4O/c1-8-5-10(16-2)14-11(13-8)15-4-3-9(6-12)7-15/h5,9H,3-4,6-7,12H2,1-2H3. The van der Waals surface area contributed by atoms with Crippen LogP contribution in [-0.2, 0) is 0 Å². The number of rotatable bonds is 3.